The van der Waals surface area contributed by atoms with Gasteiger partial charge in [-0.25, -0.2) is 4.39 Å². The number of ketones is 1. The lowest BCUT2D eigenvalue weighted by atomic mass is 10.0. The Balaban J connectivity index is 1.82. The van der Waals surface area contributed by atoms with E-state index < -0.39 is 0 Å². The zero-order chi connectivity index (χ0) is 20.6. The summed E-state index contributed by atoms with van der Waals surface area (Å²) < 4.78 is 24.8. The van der Waals surface area contributed by atoms with Gasteiger partial charge in [0, 0.05) is 11.1 Å². The maximum Gasteiger partial charge on any atom is 0.203 e. The number of hydrogen-bond donors (Lipinski definition) is 0. The average molecular weight is 387 g/mol. The highest BCUT2D eigenvalue weighted by atomic mass is 19.1. The average Bonchev–Trinajstić information content (AvgIpc) is 2.77. The molecule has 0 saturated heterocycles. The van der Waals surface area contributed by atoms with Crippen molar-refractivity contribution in [3.05, 3.63) is 101 Å². The van der Waals surface area contributed by atoms with Crippen LogP contribution in [-0.2, 0) is 6.61 Å². The van der Waals surface area contributed by atoms with Gasteiger partial charge >= 0.3 is 0 Å². The van der Waals surface area contributed by atoms with E-state index in [2.05, 4.69) is 0 Å². The number of rotatable bonds is 7. The molecule has 3 rings (SSSR count). The summed E-state index contributed by atoms with van der Waals surface area (Å²) in [6.07, 6.45) is 1.50. The Hall–Kier alpha value is -3.91. The topological polar surface area (TPSA) is 59.3 Å². The van der Waals surface area contributed by atoms with Crippen molar-refractivity contribution in [2.24, 2.45) is 0 Å². The van der Waals surface area contributed by atoms with Crippen LogP contribution in [0.25, 0.3) is 6.08 Å². The predicted molar refractivity (Wildman–Crippen MR) is 108 cm³/mol. The number of nitriles is 1. The summed E-state index contributed by atoms with van der Waals surface area (Å²) >= 11 is 0. The summed E-state index contributed by atoms with van der Waals surface area (Å²) in [7, 11) is 1.49. The van der Waals surface area contributed by atoms with Crippen molar-refractivity contribution in [1.82, 2.24) is 0 Å². The van der Waals surface area contributed by atoms with Crippen molar-refractivity contribution in [1.29, 1.82) is 5.26 Å². The molecule has 4 nitrogen and oxygen atoms in total. The van der Waals surface area contributed by atoms with Crippen LogP contribution < -0.4 is 9.47 Å². The number of nitrogens with zero attached hydrogens (tertiary/aromatic N) is 1. The van der Waals surface area contributed by atoms with Crippen molar-refractivity contribution in [2.75, 3.05) is 7.11 Å². The maximum absolute atomic E-state index is 13.8. The van der Waals surface area contributed by atoms with Crippen LogP contribution in [0.4, 0.5) is 4.39 Å². The number of Topliss-reactive ketones (excluding diaryl/α,β-unsaturated/α-hetero) is 1. The fourth-order valence-corrected chi connectivity index (χ4v) is 2.72. The summed E-state index contributed by atoms with van der Waals surface area (Å²) in [6.45, 7) is 0.0498. The summed E-state index contributed by atoms with van der Waals surface area (Å²) in [5, 5.41) is 9.41. The van der Waals surface area contributed by atoms with E-state index in [-0.39, 0.29) is 23.8 Å². The third-order valence-electron chi connectivity index (χ3n) is 4.24. The molecule has 0 heterocycles. The van der Waals surface area contributed by atoms with E-state index in [0.717, 1.165) is 0 Å². The van der Waals surface area contributed by atoms with Gasteiger partial charge in [0.2, 0.25) is 5.78 Å². The monoisotopic (exact) mass is 387 g/mol. The molecule has 0 aliphatic carbocycles. The Bertz CT molecular complexity index is 1080. The third-order valence-corrected chi connectivity index (χ3v) is 4.24. The van der Waals surface area contributed by atoms with E-state index >= 15 is 0 Å². The largest absolute Gasteiger partial charge is 0.493 e. The molecule has 0 radical (unpaired) electrons. The minimum absolute atomic E-state index is 0.0123. The molecule has 0 atom stereocenters. The van der Waals surface area contributed by atoms with E-state index in [4.69, 9.17) is 9.47 Å². The third kappa shape index (κ3) is 4.88. The molecular formula is C24H18FNO3. The van der Waals surface area contributed by atoms with Gasteiger partial charge in [-0.15, -0.1) is 0 Å². The number of hydrogen-bond acceptors (Lipinski definition) is 4. The lowest BCUT2D eigenvalue weighted by Crippen LogP contribution is -2.02. The molecule has 0 aliphatic heterocycles. The van der Waals surface area contributed by atoms with Crippen LogP contribution in [0.2, 0.25) is 0 Å². The van der Waals surface area contributed by atoms with Gasteiger partial charge in [0.05, 0.1) is 7.11 Å². The van der Waals surface area contributed by atoms with Gasteiger partial charge in [-0.2, -0.15) is 5.26 Å². The van der Waals surface area contributed by atoms with Gasteiger partial charge in [0.1, 0.15) is 24.1 Å². The van der Waals surface area contributed by atoms with Crippen molar-refractivity contribution in [2.45, 2.75) is 6.61 Å². The molecule has 0 spiro atoms. The molecule has 29 heavy (non-hydrogen) atoms. The molecule has 0 fully saturated rings. The minimum atomic E-state index is -0.355. The van der Waals surface area contributed by atoms with E-state index in [1.165, 1.54) is 19.3 Å². The first-order valence-electron chi connectivity index (χ1n) is 8.88. The van der Waals surface area contributed by atoms with Gasteiger partial charge in [0.25, 0.3) is 0 Å². The highest BCUT2D eigenvalue weighted by molar-refractivity contribution is 6.14. The quantitative estimate of drug-likeness (QED) is 0.317. The zero-order valence-corrected chi connectivity index (χ0v) is 15.8. The molecule has 0 amide bonds. The fourth-order valence-electron chi connectivity index (χ4n) is 2.72. The Labute approximate surface area is 168 Å². The van der Waals surface area contributed by atoms with Gasteiger partial charge in [-0.05, 0) is 29.8 Å². The number of allylic oxidation sites excluding steroid dienone is 1. The molecule has 3 aromatic carbocycles. The maximum atomic E-state index is 13.8. The Morgan fingerprint density at radius 3 is 2.45 bits per heavy atom. The first-order chi connectivity index (χ1) is 14.1. The summed E-state index contributed by atoms with van der Waals surface area (Å²) in [6, 6.07) is 22.0. The Morgan fingerprint density at radius 1 is 1.03 bits per heavy atom. The molecule has 0 saturated carbocycles. The van der Waals surface area contributed by atoms with E-state index in [9.17, 15) is 14.4 Å². The standard InChI is InChI=1S/C24H18FNO3/c1-28-23-14-17(13-20(15-26)24(27)18-7-3-2-4-8-18)11-12-22(23)29-16-19-9-5-6-10-21(19)25/h2-14H,16H2,1H3/b20-13+. The highest BCUT2D eigenvalue weighted by Gasteiger charge is 2.13. The smallest absolute Gasteiger partial charge is 0.203 e. The second kappa shape index (κ2) is 9.34. The Kier molecular flexibility index (Phi) is 6.39. The van der Waals surface area contributed by atoms with Gasteiger partial charge < -0.3 is 9.47 Å². The van der Waals surface area contributed by atoms with Gasteiger partial charge in [-0.3, -0.25) is 4.79 Å². The molecule has 0 bridgehead atoms. The van der Waals surface area contributed by atoms with Gasteiger partial charge in [-0.1, -0.05) is 54.6 Å². The number of methoxy groups -OCH3 is 1. The van der Waals surface area contributed by atoms with Crippen LogP contribution in [0.3, 0.4) is 0 Å². The molecule has 0 unspecified atom stereocenters. The van der Waals surface area contributed by atoms with Crippen LogP contribution in [0.5, 0.6) is 11.5 Å². The molecule has 0 aliphatic rings. The highest BCUT2D eigenvalue weighted by Crippen LogP contribution is 2.30. The lowest BCUT2D eigenvalue weighted by molar-refractivity contribution is 0.104. The Morgan fingerprint density at radius 2 is 1.76 bits per heavy atom. The summed E-state index contributed by atoms with van der Waals surface area (Å²) in [5.74, 6) is 0.149. The SMILES string of the molecule is COc1cc(/C=C(\C#N)C(=O)c2ccccc2)ccc1OCc1ccccc1F. The lowest BCUT2D eigenvalue weighted by Gasteiger charge is -2.12. The summed E-state index contributed by atoms with van der Waals surface area (Å²) in [5.41, 5.74) is 1.50. The number of carbonyl (C=O) groups is 1. The number of carbonyl (C=O) groups excluding carboxylic acids is 1. The van der Waals surface area contributed by atoms with E-state index in [1.807, 2.05) is 6.07 Å². The number of benzene rings is 3. The second-order valence-corrected chi connectivity index (χ2v) is 6.16. The van der Waals surface area contributed by atoms with E-state index in [0.29, 0.717) is 28.2 Å². The van der Waals surface area contributed by atoms with Crippen LogP contribution >= 0.6 is 0 Å². The van der Waals surface area contributed by atoms with Crippen molar-refractivity contribution >= 4 is 11.9 Å². The van der Waals surface area contributed by atoms with Crippen LogP contribution in [0.1, 0.15) is 21.5 Å². The molecule has 3 aromatic rings. The molecule has 144 valence electrons. The van der Waals surface area contributed by atoms with E-state index in [1.54, 1.807) is 66.7 Å². The molecule has 0 N–H and O–H groups in total. The minimum Gasteiger partial charge on any atom is -0.493 e. The molecule has 5 heteroatoms. The molecule has 0 aromatic heterocycles. The van der Waals surface area contributed by atoms with Crippen LogP contribution in [0, 0.1) is 17.1 Å². The fraction of sp³-hybridized carbons (Fsp3) is 0.0833. The zero-order valence-electron chi connectivity index (χ0n) is 15.8. The van der Waals surface area contributed by atoms with Crippen LogP contribution in [0.15, 0.2) is 78.4 Å². The number of halogens is 1. The van der Waals surface area contributed by atoms with Crippen molar-refractivity contribution in [3.63, 3.8) is 0 Å². The number of ether oxygens (including phenoxy) is 2. The summed E-state index contributed by atoms with van der Waals surface area (Å²) in [4.78, 5) is 12.5. The second-order valence-electron chi connectivity index (χ2n) is 6.16. The molecular weight excluding hydrogens is 369 g/mol. The van der Waals surface area contributed by atoms with Crippen molar-refractivity contribution < 1.29 is 18.7 Å². The first-order valence-corrected chi connectivity index (χ1v) is 8.88. The van der Waals surface area contributed by atoms with Crippen LogP contribution in [-0.4, -0.2) is 12.9 Å². The normalized spacial score (nSPS) is 10.9. The predicted octanol–water partition coefficient (Wildman–Crippen LogP) is 5.20. The first kappa shape index (κ1) is 19.8. The van der Waals surface area contributed by atoms with Gasteiger partial charge in [0.15, 0.2) is 11.5 Å². The van der Waals surface area contributed by atoms with Crippen molar-refractivity contribution in [3.8, 4) is 17.6 Å².